The Balaban J connectivity index is 1.46. The van der Waals surface area contributed by atoms with Gasteiger partial charge in [0.15, 0.2) is 0 Å². The molecule has 0 amide bonds. The van der Waals surface area contributed by atoms with Crippen LogP contribution in [-0.4, -0.2) is 27.5 Å². The van der Waals surface area contributed by atoms with Gasteiger partial charge in [0.2, 0.25) is 0 Å². The van der Waals surface area contributed by atoms with Gasteiger partial charge >= 0.3 is 0 Å². The van der Waals surface area contributed by atoms with E-state index in [0.717, 1.165) is 30.6 Å². The fourth-order valence-electron chi connectivity index (χ4n) is 7.60. The van der Waals surface area contributed by atoms with E-state index in [1.54, 1.807) is 5.57 Å². The molecule has 5 aliphatic rings. The SMILES string of the molecule is CC1(C)O[C@H]2[C@H](C[C@H]3[C@@H]4CC=C5C[C@@H](O)CC[C@]5(C)[C@H]4CC[C@@]32C)S1. The van der Waals surface area contributed by atoms with Crippen LogP contribution in [0.3, 0.4) is 0 Å². The molecule has 0 aromatic heterocycles. The number of fused-ring (bicyclic) bond motifs is 7. The van der Waals surface area contributed by atoms with Gasteiger partial charge in [-0.05, 0) is 87.4 Å². The molecule has 25 heavy (non-hydrogen) atoms. The lowest BCUT2D eigenvalue weighted by Crippen LogP contribution is -2.51. The molecule has 0 spiro atoms. The predicted molar refractivity (Wildman–Crippen MR) is 103 cm³/mol. The van der Waals surface area contributed by atoms with E-state index in [1.165, 1.54) is 32.1 Å². The first-order valence-electron chi connectivity index (χ1n) is 10.5. The number of allylic oxidation sites excluding steroid dienone is 1. The first-order valence-corrected chi connectivity index (χ1v) is 11.3. The van der Waals surface area contributed by atoms with Crippen molar-refractivity contribution in [3.8, 4) is 0 Å². The molecule has 8 atom stereocenters. The third-order valence-electron chi connectivity index (χ3n) is 8.84. The van der Waals surface area contributed by atoms with E-state index < -0.39 is 0 Å². The molecule has 3 saturated carbocycles. The van der Waals surface area contributed by atoms with E-state index in [9.17, 15) is 5.11 Å². The van der Waals surface area contributed by atoms with E-state index in [2.05, 4.69) is 45.5 Å². The van der Waals surface area contributed by atoms with Gasteiger partial charge in [0, 0.05) is 5.25 Å². The standard InChI is InChI=1S/C22H34O2S/c1-20(2)24-19-18(25-20)12-17-15-6-5-13-11-14(23)7-9-21(13,3)16(15)8-10-22(17,19)4/h5,14-19,23H,6-12H2,1-4H3/t14-,15+,16-,17-,18-,19-,21-,22-/m0/s1. The predicted octanol–water partition coefficient (Wildman–Crippen LogP) is 5.16. The molecule has 0 aromatic rings. The maximum Gasteiger partial charge on any atom is 0.108 e. The van der Waals surface area contributed by atoms with Gasteiger partial charge in [-0.3, -0.25) is 0 Å². The van der Waals surface area contributed by atoms with Crippen molar-refractivity contribution in [2.75, 3.05) is 0 Å². The van der Waals surface area contributed by atoms with Crippen LogP contribution >= 0.6 is 11.8 Å². The molecule has 2 nitrogen and oxygen atoms in total. The summed E-state index contributed by atoms with van der Waals surface area (Å²) >= 11 is 2.09. The molecule has 0 radical (unpaired) electrons. The van der Waals surface area contributed by atoms with Crippen molar-refractivity contribution in [3.05, 3.63) is 11.6 Å². The van der Waals surface area contributed by atoms with Crippen LogP contribution < -0.4 is 0 Å². The summed E-state index contributed by atoms with van der Waals surface area (Å²) in [5.41, 5.74) is 2.32. The van der Waals surface area contributed by atoms with Crippen molar-refractivity contribution in [2.24, 2.45) is 28.6 Å². The minimum Gasteiger partial charge on any atom is -0.393 e. The molecule has 5 rings (SSSR count). The first-order chi connectivity index (χ1) is 11.7. The monoisotopic (exact) mass is 362 g/mol. The molecule has 4 fully saturated rings. The lowest BCUT2D eigenvalue weighted by atomic mass is 9.48. The highest BCUT2D eigenvalue weighted by Crippen LogP contribution is 2.68. The van der Waals surface area contributed by atoms with Gasteiger partial charge in [-0.1, -0.05) is 25.5 Å². The molecule has 0 unspecified atom stereocenters. The number of aliphatic hydroxyl groups excluding tert-OH is 1. The molecule has 1 N–H and O–H groups in total. The topological polar surface area (TPSA) is 29.5 Å². The first kappa shape index (κ1) is 17.1. The normalized spacial score (nSPS) is 56.4. The Hall–Kier alpha value is 0.01000. The van der Waals surface area contributed by atoms with Crippen LogP contribution in [0.1, 0.15) is 72.6 Å². The third-order valence-corrected chi connectivity index (χ3v) is 10.2. The maximum atomic E-state index is 10.1. The molecule has 0 bridgehead atoms. The van der Waals surface area contributed by atoms with E-state index >= 15 is 0 Å². The highest BCUT2D eigenvalue weighted by Gasteiger charge is 2.64. The Morgan fingerprint density at radius 2 is 1.92 bits per heavy atom. The Kier molecular flexibility index (Phi) is 3.63. The lowest BCUT2D eigenvalue weighted by molar-refractivity contribution is -0.108. The molecule has 1 aliphatic heterocycles. The van der Waals surface area contributed by atoms with E-state index in [0.29, 0.717) is 22.2 Å². The largest absolute Gasteiger partial charge is 0.393 e. The summed E-state index contributed by atoms with van der Waals surface area (Å²) in [5, 5.41) is 10.9. The molecular formula is C22H34O2S. The molecule has 140 valence electrons. The third kappa shape index (κ3) is 2.31. The molecular weight excluding hydrogens is 328 g/mol. The molecule has 4 aliphatic carbocycles. The van der Waals surface area contributed by atoms with Gasteiger partial charge in [0.1, 0.15) is 4.93 Å². The number of aliphatic hydroxyl groups is 1. The summed E-state index contributed by atoms with van der Waals surface area (Å²) in [6.07, 6.45) is 11.3. The van der Waals surface area contributed by atoms with Crippen molar-refractivity contribution < 1.29 is 9.84 Å². The quantitative estimate of drug-likeness (QED) is 0.604. The zero-order valence-electron chi connectivity index (χ0n) is 16.3. The van der Waals surface area contributed by atoms with E-state index in [4.69, 9.17) is 4.74 Å². The fourth-order valence-corrected chi connectivity index (χ4v) is 9.29. The maximum absolute atomic E-state index is 10.1. The second-order valence-corrected chi connectivity index (χ2v) is 12.4. The van der Waals surface area contributed by atoms with Crippen LogP contribution in [0.5, 0.6) is 0 Å². The number of rotatable bonds is 0. The summed E-state index contributed by atoms with van der Waals surface area (Å²) in [6, 6.07) is 0. The average molecular weight is 363 g/mol. The minimum absolute atomic E-state index is 0.00524. The number of hydrogen-bond donors (Lipinski definition) is 1. The molecule has 1 heterocycles. The number of thioether (sulfide) groups is 1. The highest BCUT2D eigenvalue weighted by molar-refractivity contribution is 8.01. The summed E-state index contributed by atoms with van der Waals surface area (Å²) in [7, 11) is 0. The smallest absolute Gasteiger partial charge is 0.108 e. The summed E-state index contributed by atoms with van der Waals surface area (Å²) in [6.45, 7) is 9.58. The van der Waals surface area contributed by atoms with E-state index in [1.807, 2.05) is 0 Å². The van der Waals surface area contributed by atoms with Gasteiger partial charge in [0.25, 0.3) is 0 Å². The van der Waals surface area contributed by atoms with Crippen molar-refractivity contribution in [3.63, 3.8) is 0 Å². The van der Waals surface area contributed by atoms with Crippen molar-refractivity contribution in [2.45, 2.75) is 95.0 Å². The van der Waals surface area contributed by atoms with Crippen molar-refractivity contribution in [1.29, 1.82) is 0 Å². The average Bonchev–Trinajstić information content (AvgIpc) is 2.98. The number of hydrogen-bond acceptors (Lipinski definition) is 3. The second-order valence-electron chi connectivity index (χ2n) is 10.5. The van der Waals surface area contributed by atoms with Crippen LogP contribution in [0.2, 0.25) is 0 Å². The minimum atomic E-state index is -0.0948. The van der Waals surface area contributed by atoms with Gasteiger partial charge in [-0.15, -0.1) is 11.8 Å². The summed E-state index contributed by atoms with van der Waals surface area (Å²) in [4.78, 5) is 0.00524. The zero-order chi connectivity index (χ0) is 17.6. The van der Waals surface area contributed by atoms with Crippen LogP contribution in [-0.2, 0) is 4.74 Å². The van der Waals surface area contributed by atoms with Crippen LogP contribution in [0.25, 0.3) is 0 Å². The summed E-state index contributed by atoms with van der Waals surface area (Å²) in [5.74, 6) is 2.49. The Labute approximate surface area is 157 Å². The molecule has 0 aromatic carbocycles. The van der Waals surface area contributed by atoms with Gasteiger partial charge in [-0.25, -0.2) is 0 Å². The van der Waals surface area contributed by atoms with Gasteiger partial charge in [-0.2, -0.15) is 0 Å². The van der Waals surface area contributed by atoms with E-state index in [-0.39, 0.29) is 11.0 Å². The Morgan fingerprint density at radius 1 is 1.12 bits per heavy atom. The zero-order valence-corrected chi connectivity index (χ0v) is 17.1. The Bertz CT molecular complexity index is 613. The fraction of sp³-hybridized carbons (Fsp3) is 0.909. The second kappa shape index (κ2) is 5.29. The van der Waals surface area contributed by atoms with Crippen LogP contribution in [0, 0.1) is 28.6 Å². The van der Waals surface area contributed by atoms with Crippen molar-refractivity contribution >= 4 is 11.8 Å². The van der Waals surface area contributed by atoms with Crippen LogP contribution in [0.4, 0.5) is 0 Å². The van der Waals surface area contributed by atoms with Crippen LogP contribution in [0.15, 0.2) is 11.6 Å². The Morgan fingerprint density at radius 3 is 2.72 bits per heavy atom. The van der Waals surface area contributed by atoms with Gasteiger partial charge in [0.05, 0.1) is 12.2 Å². The lowest BCUT2D eigenvalue weighted by Gasteiger charge is -2.57. The summed E-state index contributed by atoms with van der Waals surface area (Å²) < 4.78 is 6.59. The van der Waals surface area contributed by atoms with Gasteiger partial charge < -0.3 is 9.84 Å². The molecule has 1 saturated heterocycles. The highest BCUT2D eigenvalue weighted by atomic mass is 32.2. The molecule has 3 heteroatoms. The van der Waals surface area contributed by atoms with Crippen molar-refractivity contribution in [1.82, 2.24) is 0 Å². The number of ether oxygens (including phenoxy) is 1.